The summed E-state index contributed by atoms with van der Waals surface area (Å²) in [4.78, 5) is 13.1. The van der Waals surface area contributed by atoms with E-state index in [4.69, 9.17) is 5.11 Å². The van der Waals surface area contributed by atoms with E-state index in [1.54, 1.807) is 4.68 Å². The summed E-state index contributed by atoms with van der Waals surface area (Å²) < 4.78 is 1.69. The quantitative estimate of drug-likeness (QED) is 0.815. The first-order valence-corrected chi connectivity index (χ1v) is 5.58. The normalized spacial score (nSPS) is 18.8. The van der Waals surface area contributed by atoms with Gasteiger partial charge < -0.3 is 10.0 Å². The van der Waals surface area contributed by atoms with Crippen molar-refractivity contribution in [1.82, 2.24) is 19.9 Å². The summed E-state index contributed by atoms with van der Waals surface area (Å²) in [5.41, 5.74) is 0.0259. The van der Waals surface area contributed by atoms with Crippen LogP contribution in [-0.2, 0) is 0 Å². The molecule has 0 bridgehead atoms. The number of hydrogen-bond donors (Lipinski definition) is 1. The Morgan fingerprint density at radius 1 is 1.56 bits per heavy atom. The van der Waals surface area contributed by atoms with Crippen LogP contribution < -0.4 is 0 Å². The molecule has 0 unspecified atom stereocenters. The van der Waals surface area contributed by atoms with Crippen LogP contribution in [0, 0.1) is 0 Å². The third-order valence-corrected chi connectivity index (χ3v) is 3.11. The standard InChI is InChI=1S/C10H16N4O2/c1-2-13-5-3-8(4-6-13)14-7-9(10(15)16)11-12-14/h7-8H,2-6H2,1H3,(H,15,16). The van der Waals surface area contributed by atoms with Gasteiger partial charge in [0.15, 0.2) is 5.69 Å². The zero-order chi connectivity index (χ0) is 11.5. The van der Waals surface area contributed by atoms with Crippen LogP contribution in [-0.4, -0.2) is 50.6 Å². The average molecular weight is 224 g/mol. The average Bonchev–Trinajstić information content (AvgIpc) is 2.78. The molecule has 0 aliphatic carbocycles. The van der Waals surface area contributed by atoms with Crippen molar-refractivity contribution in [3.05, 3.63) is 11.9 Å². The van der Waals surface area contributed by atoms with E-state index in [1.807, 2.05) is 0 Å². The summed E-state index contributed by atoms with van der Waals surface area (Å²) in [6, 6.07) is 0.295. The Morgan fingerprint density at radius 3 is 2.75 bits per heavy atom. The van der Waals surface area contributed by atoms with Gasteiger partial charge in [0.25, 0.3) is 0 Å². The fourth-order valence-corrected chi connectivity index (χ4v) is 2.05. The number of carboxylic acid groups (broad SMARTS) is 1. The number of carboxylic acids is 1. The minimum absolute atomic E-state index is 0.0259. The Hall–Kier alpha value is -1.43. The van der Waals surface area contributed by atoms with Crippen LogP contribution in [0.4, 0.5) is 0 Å². The maximum Gasteiger partial charge on any atom is 0.358 e. The molecule has 1 saturated heterocycles. The van der Waals surface area contributed by atoms with Crippen molar-refractivity contribution in [2.24, 2.45) is 0 Å². The number of carbonyl (C=O) groups is 1. The Labute approximate surface area is 93.9 Å². The van der Waals surface area contributed by atoms with Crippen molar-refractivity contribution in [1.29, 1.82) is 0 Å². The Bertz CT molecular complexity index is 369. The lowest BCUT2D eigenvalue weighted by Crippen LogP contribution is -2.34. The molecule has 1 aromatic rings. The van der Waals surface area contributed by atoms with Crippen LogP contribution in [0.2, 0.25) is 0 Å². The van der Waals surface area contributed by atoms with Crippen molar-refractivity contribution in [3.8, 4) is 0 Å². The SMILES string of the molecule is CCN1CCC(n2cc(C(=O)O)nn2)CC1. The lowest BCUT2D eigenvalue weighted by Gasteiger charge is -2.30. The molecular formula is C10H16N4O2. The van der Waals surface area contributed by atoms with Gasteiger partial charge >= 0.3 is 5.97 Å². The molecule has 1 aliphatic rings. The highest BCUT2D eigenvalue weighted by Crippen LogP contribution is 2.21. The molecule has 2 rings (SSSR count). The lowest BCUT2D eigenvalue weighted by atomic mass is 10.1. The molecular weight excluding hydrogens is 208 g/mol. The summed E-state index contributed by atoms with van der Waals surface area (Å²) in [7, 11) is 0. The first-order chi connectivity index (χ1) is 7.70. The highest BCUT2D eigenvalue weighted by atomic mass is 16.4. The van der Waals surface area contributed by atoms with Crippen molar-refractivity contribution < 1.29 is 9.90 Å². The Balaban J connectivity index is 2.00. The number of hydrogen-bond acceptors (Lipinski definition) is 4. The zero-order valence-electron chi connectivity index (χ0n) is 9.33. The van der Waals surface area contributed by atoms with Crippen LogP contribution in [0.25, 0.3) is 0 Å². The van der Waals surface area contributed by atoms with Crippen molar-refractivity contribution in [2.45, 2.75) is 25.8 Å². The van der Waals surface area contributed by atoms with E-state index in [1.165, 1.54) is 6.20 Å². The highest BCUT2D eigenvalue weighted by molar-refractivity contribution is 5.84. The van der Waals surface area contributed by atoms with Gasteiger partial charge in [0.05, 0.1) is 12.2 Å². The van der Waals surface area contributed by atoms with Gasteiger partial charge in [-0.25, -0.2) is 9.48 Å². The maximum atomic E-state index is 10.7. The van der Waals surface area contributed by atoms with Crippen LogP contribution in [0.3, 0.4) is 0 Å². The fourth-order valence-electron chi connectivity index (χ4n) is 2.05. The lowest BCUT2D eigenvalue weighted by molar-refractivity contribution is 0.0690. The molecule has 16 heavy (non-hydrogen) atoms. The summed E-state index contributed by atoms with van der Waals surface area (Å²) in [6.45, 7) is 5.32. The first-order valence-electron chi connectivity index (χ1n) is 5.58. The van der Waals surface area contributed by atoms with E-state index in [0.29, 0.717) is 6.04 Å². The zero-order valence-corrected chi connectivity index (χ0v) is 9.33. The summed E-state index contributed by atoms with van der Waals surface area (Å²) >= 11 is 0. The monoisotopic (exact) mass is 224 g/mol. The molecule has 1 fully saturated rings. The van der Waals surface area contributed by atoms with E-state index >= 15 is 0 Å². The van der Waals surface area contributed by atoms with Gasteiger partial charge in [-0.05, 0) is 19.4 Å². The third-order valence-electron chi connectivity index (χ3n) is 3.11. The molecule has 0 amide bonds. The molecule has 1 aromatic heterocycles. The number of likely N-dealkylation sites (tertiary alicyclic amines) is 1. The summed E-state index contributed by atoms with van der Waals surface area (Å²) in [5, 5.41) is 16.3. The maximum absolute atomic E-state index is 10.7. The predicted octanol–water partition coefficient (Wildman–Crippen LogP) is 0.633. The predicted molar refractivity (Wildman–Crippen MR) is 57.4 cm³/mol. The topological polar surface area (TPSA) is 71.2 Å². The van der Waals surface area contributed by atoms with Gasteiger partial charge in [0.1, 0.15) is 0 Å². The highest BCUT2D eigenvalue weighted by Gasteiger charge is 2.21. The smallest absolute Gasteiger partial charge is 0.358 e. The first kappa shape index (κ1) is 11.1. The molecule has 0 radical (unpaired) electrons. The Kier molecular flexibility index (Phi) is 3.19. The van der Waals surface area contributed by atoms with Crippen LogP contribution in [0.5, 0.6) is 0 Å². The van der Waals surface area contributed by atoms with E-state index < -0.39 is 5.97 Å². The number of aromatic nitrogens is 3. The second-order valence-electron chi connectivity index (χ2n) is 4.05. The number of piperidine rings is 1. The minimum atomic E-state index is -1.02. The molecule has 88 valence electrons. The van der Waals surface area contributed by atoms with E-state index in [-0.39, 0.29) is 5.69 Å². The third kappa shape index (κ3) is 2.21. The van der Waals surface area contributed by atoms with Gasteiger partial charge in [-0.2, -0.15) is 0 Å². The molecule has 0 aromatic carbocycles. The number of rotatable bonds is 3. The summed E-state index contributed by atoms with van der Waals surface area (Å²) in [5.74, 6) is -1.02. The molecule has 1 N–H and O–H groups in total. The molecule has 2 heterocycles. The van der Waals surface area contributed by atoms with Crippen molar-refractivity contribution in [3.63, 3.8) is 0 Å². The second kappa shape index (κ2) is 4.61. The van der Waals surface area contributed by atoms with Crippen LogP contribution >= 0.6 is 0 Å². The molecule has 1 aliphatic heterocycles. The molecule has 0 spiro atoms. The molecule has 6 heteroatoms. The Morgan fingerprint density at radius 2 is 2.25 bits per heavy atom. The van der Waals surface area contributed by atoms with Gasteiger partial charge in [0.2, 0.25) is 0 Å². The molecule has 6 nitrogen and oxygen atoms in total. The van der Waals surface area contributed by atoms with Gasteiger partial charge in [-0.15, -0.1) is 5.10 Å². The van der Waals surface area contributed by atoms with E-state index in [2.05, 4.69) is 22.1 Å². The largest absolute Gasteiger partial charge is 0.476 e. The minimum Gasteiger partial charge on any atom is -0.476 e. The van der Waals surface area contributed by atoms with Gasteiger partial charge in [-0.1, -0.05) is 12.1 Å². The van der Waals surface area contributed by atoms with Gasteiger partial charge in [0, 0.05) is 13.1 Å². The number of nitrogens with zero attached hydrogens (tertiary/aromatic N) is 4. The fraction of sp³-hybridized carbons (Fsp3) is 0.700. The molecule has 0 saturated carbocycles. The van der Waals surface area contributed by atoms with E-state index in [9.17, 15) is 4.79 Å². The van der Waals surface area contributed by atoms with Crippen molar-refractivity contribution >= 4 is 5.97 Å². The van der Waals surface area contributed by atoms with Crippen LogP contribution in [0.15, 0.2) is 6.20 Å². The van der Waals surface area contributed by atoms with Gasteiger partial charge in [-0.3, -0.25) is 0 Å². The second-order valence-corrected chi connectivity index (χ2v) is 4.05. The summed E-state index contributed by atoms with van der Waals surface area (Å²) in [6.07, 6.45) is 3.54. The number of aromatic carboxylic acids is 1. The van der Waals surface area contributed by atoms with Crippen LogP contribution in [0.1, 0.15) is 36.3 Å². The molecule has 0 atom stereocenters. The van der Waals surface area contributed by atoms with E-state index in [0.717, 1.165) is 32.5 Å². The van der Waals surface area contributed by atoms with Crippen molar-refractivity contribution in [2.75, 3.05) is 19.6 Å².